The molecule has 0 spiro atoms. The Hall–Kier alpha value is -2.76. The van der Waals surface area contributed by atoms with E-state index in [1.54, 1.807) is 6.92 Å². The number of carbonyl (C=O) groups is 2. The lowest BCUT2D eigenvalue weighted by molar-refractivity contribution is 0.0695. The van der Waals surface area contributed by atoms with E-state index in [9.17, 15) is 9.59 Å². The fourth-order valence-corrected chi connectivity index (χ4v) is 2.11. The van der Waals surface area contributed by atoms with Crippen molar-refractivity contribution in [3.8, 4) is 0 Å². The molecule has 0 saturated heterocycles. The molecule has 0 atom stereocenters. The van der Waals surface area contributed by atoms with E-state index in [2.05, 4.69) is 5.32 Å². The Morgan fingerprint density at radius 1 is 1.26 bits per heavy atom. The van der Waals surface area contributed by atoms with Gasteiger partial charge in [-0.05, 0) is 25.0 Å². The third-order valence-electron chi connectivity index (χ3n) is 3.28. The molecular formula is C17H19NO5. The zero-order valence-corrected chi connectivity index (χ0v) is 12.9. The first-order valence-electron chi connectivity index (χ1n) is 7.33. The summed E-state index contributed by atoms with van der Waals surface area (Å²) < 4.78 is 10.4. The van der Waals surface area contributed by atoms with E-state index >= 15 is 0 Å². The van der Waals surface area contributed by atoms with E-state index in [1.807, 2.05) is 30.3 Å². The summed E-state index contributed by atoms with van der Waals surface area (Å²) in [6, 6.07) is 10.9. The van der Waals surface area contributed by atoms with Gasteiger partial charge in [0.1, 0.15) is 23.7 Å². The Morgan fingerprint density at radius 3 is 2.65 bits per heavy atom. The number of hydrogen-bond acceptors (Lipinski definition) is 4. The first-order chi connectivity index (χ1) is 11.1. The smallest absolute Gasteiger partial charge is 0.407 e. The van der Waals surface area contributed by atoms with E-state index in [0.717, 1.165) is 5.56 Å². The summed E-state index contributed by atoms with van der Waals surface area (Å²) in [5, 5.41) is 11.6. The Labute approximate surface area is 134 Å². The van der Waals surface area contributed by atoms with Crippen LogP contribution in [-0.4, -0.2) is 23.7 Å². The van der Waals surface area contributed by atoms with Crippen LogP contribution in [0.25, 0.3) is 0 Å². The van der Waals surface area contributed by atoms with Crippen LogP contribution in [0.2, 0.25) is 0 Å². The molecule has 6 nitrogen and oxygen atoms in total. The van der Waals surface area contributed by atoms with E-state index in [0.29, 0.717) is 30.9 Å². The van der Waals surface area contributed by atoms with Crippen molar-refractivity contribution >= 4 is 12.1 Å². The van der Waals surface area contributed by atoms with Crippen molar-refractivity contribution in [2.24, 2.45) is 0 Å². The van der Waals surface area contributed by atoms with Crippen LogP contribution in [0, 0.1) is 6.92 Å². The fraction of sp³-hybridized carbons (Fsp3) is 0.294. The van der Waals surface area contributed by atoms with Gasteiger partial charge in [0.15, 0.2) is 0 Å². The molecule has 0 aliphatic heterocycles. The molecule has 0 radical (unpaired) electrons. The van der Waals surface area contributed by atoms with Crippen LogP contribution in [0.5, 0.6) is 0 Å². The van der Waals surface area contributed by atoms with Crippen molar-refractivity contribution in [1.29, 1.82) is 0 Å². The van der Waals surface area contributed by atoms with Crippen molar-refractivity contribution in [3.63, 3.8) is 0 Å². The van der Waals surface area contributed by atoms with Gasteiger partial charge in [0.2, 0.25) is 0 Å². The number of carboxylic acids is 1. The SMILES string of the molecule is Cc1oc(CCCNC(=O)OCc2ccccc2)cc1C(=O)O. The van der Waals surface area contributed by atoms with E-state index in [1.165, 1.54) is 6.07 Å². The highest BCUT2D eigenvalue weighted by molar-refractivity contribution is 5.88. The number of carbonyl (C=O) groups excluding carboxylic acids is 1. The largest absolute Gasteiger partial charge is 0.478 e. The predicted octanol–water partition coefficient (Wildman–Crippen LogP) is 3.15. The summed E-state index contributed by atoms with van der Waals surface area (Å²) in [7, 11) is 0. The van der Waals surface area contributed by atoms with Crippen molar-refractivity contribution in [1.82, 2.24) is 5.32 Å². The average Bonchev–Trinajstić information content (AvgIpc) is 2.92. The molecule has 0 unspecified atom stereocenters. The van der Waals surface area contributed by atoms with Crippen molar-refractivity contribution in [2.45, 2.75) is 26.4 Å². The minimum atomic E-state index is -1.000. The first-order valence-corrected chi connectivity index (χ1v) is 7.33. The number of rotatable bonds is 7. The van der Waals surface area contributed by atoms with Gasteiger partial charge in [-0.25, -0.2) is 9.59 Å². The molecule has 2 aromatic rings. The van der Waals surface area contributed by atoms with Crippen LogP contribution in [0.15, 0.2) is 40.8 Å². The molecule has 0 aliphatic rings. The fourth-order valence-electron chi connectivity index (χ4n) is 2.11. The standard InChI is InChI=1S/C17H19NO5/c1-12-15(16(19)20)10-14(23-12)8-5-9-18-17(21)22-11-13-6-3-2-4-7-13/h2-4,6-7,10H,5,8-9,11H2,1H3,(H,18,21)(H,19,20). The lowest BCUT2D eigenvalue weighted by Crippen LogP contribution is -2.25. The van der Waals surface area contributed by atoms with Crippen LogP contribution in [0.4, 0.5) is 4.79 Å². The molecule has 0 aliphatic carbocycles. The molecule has 23 heavy (non-hydrogen) atoms. The van der Waals surface area contributed by atoms with Crippen LogP contribution in [0.3, 0.4) is 0 Å². The highest BCUT2D eigenvalue weighted by atomic mass is 16.5. The highest BCUT2D eigenvalue weighted by Gasteiger charge is 2.13. The van der Waals surface area contributed by atoms with Crippen molar-refractivity contribution < 1.29 is 23.8 Å². The van der Waals surface area contributed by atoms with Gasteiger partial charge in [-0.1, -0.05) is 30.3 Å². The number of aryl methyl sites for hydroxylation is 2. The van der Waals surface area contributed by atoms with Gasteiger partial charge in [-0.3, -0.25) is 0 Å². The summed E-state index contributed by atoms with van der Waals surface area (Å²) in [6.45, 7) is 2.27. The number of alkyl carbamates (subject to hydrolysis) is 1. The average molecular weight is 317 g/mol. The molecule has 0 bridgehead atoms. The number of benzene rings is 1. The molecule has 0 fully saturated rings. The van der Waals surface area contributed by atoms with E-state index in [-0.39, 0.29) is 12.2 Å². The molecule has 0 saturated carbocycles. The maximum Gasteiger partial charge on any atom is 0.407 e. The minimum absolute atomic E-state index is 0.176. The molecule has 1 heterocycles. The van der Waals surface area contributed by atoms with E-state index < -0.39 is 12.1 Å². The molecule has 1 aromatic heterocycles. The maximum atomic E-state index is 11.5. The van der Waals surface area contributed by atoms with E-state index in [4.69, 9.17) is 14.3 Å². The van der Waals surface area contributed by atoms with Crippen LogP contribution in [-0.2, 0) is 17.8 Å². The first kappa shape index (κ1) is 16.6. The van der Waals surface area contributed by atoms with Gasteiger partial charge in [-0.2, -0.15) is 0 Å². The second kappa shape index (κ2) is 8.03. The molecule has 1 aromatic carbocycles. The molecule has 1 amide bonds. The van der Waals surface area contributed by atoms with Crippen molar-refractivity contribution in [3.05, 3.63) is 59.0 Å². The maximum absolute atomic E-state index is 11.5. The summed E-state index contributed by atoms with van der Waals surface area (Å²) in [5.74, 6) is -0.0119. The summed E-state index contributed by atoms with van der Waals surface area (Å²) in [5.41, 5.74) is 1.10. The lowest BCUT2D eigenvalue weighted by atomic mass is 10.2. The van der Waals surface area contributed by atoms with Gasteiger partial charge in [0, 0.05) is 13.0 Å². The molecule has 122 valence electrons. The molecule has 2 rings (SSSR count). The number of hydrogen-bond donors (Lipinski definition) is 2. The zero-order valence-electron chi connectivity index (χ0n) is 12.9. The van der Waals surface area contributed by atoms with Gasteiger partial charge in [0.25, 0.3) is 0 Å². The van der Waals surface area contributed by atoms with Crippen LogP contribution in [0.1, 0.15) is 33.9 Å². The summed E-state index contributed by atoms with van der Waals surface area (Å²) >= 11 is 0. The summed E-state index contributed by atoms with van der Waals surface area (Å²) in [6.07, 6.45) is 0.704. The zero-order chi connectivity index (χ0) is 16.7. The Balaban J connectivity index is 1.66. The second-order valence-electron chi connectivity index (χ2n) is 5.08. The third kappa shape index (κ3) is 5.18. The molecular weight excluding hydrogens is 298 g/mol. The highest BCUT2D eigenvalue weighted by Crippen LogP contribution is 2.15. The number of aromatic carboxylic acids is 1. The third-order valence-corrected chi connectivity index (χ3v) is 3.28. The van der Waals surface area contributed by atoms with Gasteiger partial charge in [0.05, 0.1) is 0 Å². The van der Waals surface area contributed by atoms with Gasteiger partial charge < -0.3 is 19.6 Å². The lowest BCUT2D eigenvalue weighted by Gasteiger charge is -2.06. The molecule has 2 N–H and O–H groups in total. The quantitative estimate of drug-likeness (QED) is 0.766. The Kier molecular flexibility index (Phi) is 5.80. The van der Waals surface area contributed by atoms with Gasteiger partial charge >= 0.3 is 12.1 Å². The number of nitrogens with one attached hydrogen (secondary N) is 1. The summed E-state index contributed by atoms with van der Waals surface area (Å²) in [4.78, 5) is 22.5. The van der Waals surface area contributed by atoms with Crippen LogP contribution >= 0.6 is 0 Å². The Bertz CT molecular complexity index is 663. The van der Waals surface area contributed by atoms with Crippen molar-refractivity contribution in [2.75, 3.05) is 6.54 Å². The number of carboxylic acid groups (broad SMARTS) is 1. The normalized spacial score (nSPS) is 10.3. The molecule has 6 heteroatoms. The number of ether oxygens (including phenoxy) is 1. The van der Waals surface area contributed by atoms with Gasteiger partial charge in [-0.15, -0.1) is 0 Å². The second-order valence-corrected chi connectivity index (χ2v) is 5.08. The van der Waals surface area contributed by atoms with Crippen LogP contribution < -0.4 is 5.32 Å². The minimum Gasteiger partial charge on any atom is -0.478 e. The topological polar surface area (TPSA) is 88.8 Å². The number of furan rings is 1. The Morgan fingerprint density at radius 2 is 2.00 bits per heavy atom. The predicted molar refractivity (Wildman–Crippen MR) is 83.4 cm³/mol. The monoisotopic (exact) mass is 317 g/mol. The number of amides is 1.